The number of amides is 1. The molecule has 2 heterocycles. The van der Waals surface area contributed by atoms with Gasteiger partial charge in [0.2, 0.25) is 0 Å². The first-order chi connectivity index (χ1) is 13.1. The van der Waals surface area contributed by atoms with Gasteiger partial charge in [-0.15, -0.1) is 0 Å². The highest BCUT2D eigenvalue weighted by atomic mass is 16.5. The van der Waals surface area contributed by atoms with Crippen LogP contribution in [-0.2, 0) is 31.2 Å². The minimum atomic E-state index is 0.0486. The molecule has 2 aromatic rings. The Kier molecular flexibility index (Phi) is 5.30. The molecule has 1 amide bonds. The predicted octanol–water partition coefficient (Wildman–Crippen LogP) is 3.43. The molecule has 1 atom stereocenters. The van der Waals surface area contributed by atoms with Crippen LogP contribution in [0.1, 0.15) is 58.6 Å². The topological polar surface area (TPSA) is 47.4 Å². The summed E-state index contributed by atoms with van der Waals surface area (Å²) in [6.07, 6.45) is 6.55. The van der Waals surface area contributed by atoms with E-state index in [1.54, 1.807) is 0 Å². The van der Waals surface area contributed by atoms with Crippen molar-refractivity contribution in [3.63, 3.8) is 0 Å². The molecule has 0 saturated carbocycles. The van der Waals surface area contributed by atoms with Crippen molar-refractivity contribution in [3.05, 3.63) is 52.3 Å². The molecule has 1 aromatic heterocycles. The van der Waals surface area contributed by atoms with Crippen LogP contribution in [0.25, 0.3) is 0 Å². The Morgan fingerprint density at radius 3 is 2.85 bits per heavy atom. The Balaban J connectivity index is 1.63. The van der Waals surface area contributed by atoms with Crippen molar-refractivity contribution in [2.75, 3.05) is 13.2 Å². The highest BCUT2D eigenvalue weighted by Crippen LogP contribution is 2.26. The fourth-order valence-corrected chi connectivity index (χ4v) is 4.34. The van der Waals surface area contributed by atoms with Crippen molar-refractivity contribution >= 4 is 5.91 Å². The first-order valence-electron chi connectivity index (χ1n) is 10.1. The largest absolute Gasteiger partial charge is 0.376 e. The second-order valence-electron chi connectivity index (χ2n) is 7.85. The molecule has 0 N–H and O–H groups in total. The molecule has 5 nitrogen and oxygen atoms in total. The van der Waals surface area contributed by atoms with Gasteiger partial charge in [-0.05, 0) is 56.6 Å². The summed E-state index contributed by atoms with van der Waals surface area (Å²) < 4.78 is 7.75. The SMILES string of the molecule is Cc1ccccc1CN(C[C@@H]1CCCO1)C(=O)c1nn(C)c2c1CCCC2. The monoisotopic (exact) mass is 367 g/mol. The van der Waals surface area contributed by atoms with E-state index in [-0.39, 0.29) is 12.0 Å². The van der Waals surface area contributed by atoms with Crippen molar-refractivity contribution in [3.8, 4) is 0 Å². The quantitative estimate of drug-likeness (QED) is 0.813. The molecule has 0 radical (unpaired) electrons. The van der Waals surface area contributed by atoms with E-state index in [1.165, 1.54) is 23.2 Å². The smallest absolute Gasteiger partial charge is 0.275 e. The molecule has 2 aliphatic rings. The van der Waals surface area contributed by atoms with Gasteiger partial charge in [-0.1, -0.05) is 24.3 Å². The normalized spacial score (nSPS) is 19.1. The number of ether oxygens (including phenoxy) is 1. The molecule has 27 heavy (non-hydrogen) atoms. The molecule has 1 fully saturated rings. The Morgan fingerprint density at radius 1 is 1.26 bits per heavy atom. The Labute approximate surface area is 161 Å². The first kappa shape index (κ1) is 18.2. The van der Waals surface area contributed by atoms with Gasteiger partial charge < -0.3 is 9.64 Å². The molecule has 144 valence electrons. The zero-order valence-corrected chi connectivity index (χ0v) is 16.4. The van der Waals surface area contributed by atoms with E-state index < -0.39 is 0 Å². The third-order valence-corrected chi connectivity index (χ3v) is 5.93. The van der Waals surface area contributed by atoms with Gasteiger partial charge in [0.15, 0.2) is 5.69 Å². The van der Waals surface area contributed by atoms with Gasteiger partial charge in [0.25, 0.3) is 5.91 Å². The summed E-state index contributed by atoms with van der Waals surface area (Å²) in [5, 5.41) is 4.64. The predicted molar refractivity (Wildman–Crippen MR) is 105 cm³/mol. The van der Waals surface area contributed by atoms with Crippen LogP contribution in [0.2, 0.25) is 0 Å². The molecule has 0 spiro atoms. The summed E-state index contributed by atoms with van der Waals surface area (Å²) in [5.74, 6) is 0.0486. The van der Waals surface area contributed by atoms with E-state index in [0.29, 0.717) is 18.8 Å². The zero-order chi connectivity index (χ0) is 18.8. The van der Waals surface area contributed by atoms with E-state index >= 15 is 0 Å². The van der Waals surface area contributed by atoms with Crippen molar-refractivity contribution < 1.29 is 9.53 Å². The fourth-order valence-electron chi connectivity index (χ4n) is 4.34. The number of hydrogen-bond acceptors (Lipinski definition) is 3. The second-order valence-corrected chi connectivity index (χ2v) is 7.85. The van der Waals surface area contributed by atoms with Gasteiger partial charge in [0, 0.05) is 38.0 Å². The van der Waals surface area contributed by atoms with Gasteiger partial charge in [-0.3, -0.25) is 9.48 Å². The summed E-state index contributed by atoms with van der Waals surface area (Å²) in [4.78, 5) is 15.5. The van der Waals surface area contributed by atoms with Crippen LogP contribution >= 0.6 is 0 Å². The van der Waals surface area contributed by atoms with Crippen molar-refractivity contribution in [1.29, 1.82) is 0 Å². The lowest BCUT2D eigenvalue weighted by atomic mass is 9.95. The number of fused-ring (bicyclic) bond motifs is 1. The number of benzene rings is 1. The standard InChI is InChI=1S/C22H29N3O2/c1-16-8-3-4-9-17(16)14-25(15-18-10-7-13-27-18)22(26)21-19-11-5-6-12-20(19)24(2)23-21/h3-4,8-9,18H,5-7,10-15H2,1-2H3/t18-/m0/s1. The highest BCUT2D eigenvalue weighted by molar-refractivity contribution is 5.94. The van der Waals surface area contributed by atoms with Crippen molar-refractivity contribution in [1.82, 2.24) is 14.7 Å². The summed E-state index contributed by atoms with van der Waals surface area (Å²) in [7, 11) is 1.96. The molecule has 5 heteroatoms. The second kappa shape index (κ2) is 7.85. The minimum Gasteiger partial charge on any atom is -0.376 e. The maximum absolute atomic E-state index is 13.5. The number of hydrogen-bond donors (Lipinski definition) is 0. The summed E-state index contributed by atoms with van der Waals surface area (Å²) in [6.45, 7) is 4.15. The fraction of sp³-hybridized carbons (Fsp3) is 0.545. The molecular weight excluding hydrogens is 338 g/mol. The van der Waals surface area contributed by atoms with Crippen LogP contribution in [0.3, 0.4) is 0 Å². The number of nitrogens with zero attached hydrogens (tertiary/aromatic N) is 3. The zero-order valence-electron chi connectivity index (χ0n) is 16.4. The molecule has 1 saturated heterocycles. The van der Waals surface area contributed by atoms with Gasteiger partial charge in [0.1, 0.15) is 0 Å². The van der Waals surface area contributed by atoms with Crippen molar-refractivity contribution in [2.24, 2.45) is 7.05 Å². The molecule has 0 unspecified atom stereocenters. The summed E-state index contributed by atoms with van der Waals surface area (Å²) in [6, 6.07) is 8.30. The summed E-state index contributed by atoms with van der Waals surface area (Å²) >= 11 is 0. The van der Waals surface area contributed by atoms with Crippen LogP contribution in [0.15, 0.2) is 24.3 Å². The number of rotatable bonds is 5. The average Bonchev–Trinajstić information content (AvgIpc) is 3.31. The van der Waals surface area contributed by atoms with Crippen LogP contribution in [0, 0.1) is 6.92 Å². The first-order valence-corrected chi connectivity index (χ1v) is 10.1. The lowest BCUT2D eigenvalue weighted by Crippen LogP contribution is -2.37. The van der Waals surface area contributed by atoms with Crippen LogP contribution < -0.4 is 0 Å². The van der Waals surface area contributed by atoms with Gasteiger partial charge in [-0.2, -0.15) is 5.10 Å². The van der Waals surface area contributed by atoms with Crippen molar-refractivity contribution in [2.45, 2.75) is 58.1 Å². The average molecular weight is 367 g/mol. The Hall–Kier alpha value is -2.14. The van der Waals surface area contributed by atoms with Gasteiger partial charge >= 0.3 is 0 Å². The van der Waals surface area contributed by atoms with E-state index in [4.69, 9.17) is 4.74 Å². The molecule has 1 aliphatic heterocycles. The molecule has 0 bridgehead atoms. The lowest BCUT2D eigenvalue weighted by molar-refractivity contribution is 0.0501. The molecular formula is C22H29N3O2. The number of carbonyl (C=O) groups is 1. The maximum Gasteiger partial charge on any atom is 0.275 e. The van der Waals surface area contributed by atoms with Gasteiger partial charge in [0.05, 0.1) is 6.10 Å². The number of carbonyl (C=O) groups excluding carboxylic acids is 1. The van der Waals surface area contributed by atoms with E-state index in [0.717, 1.165) is 44.3 Å². The molecule has 1 aliphatic carbocycles. The minimum absolute atomic E-state index is 0.0486. The molecule has 1 aromatic carbocycles. The van der Waals surface area contributed by atoms with E-state index in [2.05, 4.69) is 24.2 Å². The maximum atomic E-state index is 13.5. The number of aromatic nitrogens is 2. The Morgan fingerprint density at radius 2 is 2.07 bits per heavy atom. The van der Waals surface area contributed by atoms with Crippen LogP contribution in [0.5, 0.6) is 0 Å². The van der Waals surface area contributed by atoms with E-state index in [9.17, 15) is 4.79 Å². The lowest BCUT2D eigenvalue weighted by Gasteiger charge is -2.26. The summed E-state index contributed by atoms with van der Waals surface area (Å²) in [5.41, 5.74) is 5.45. The Bertz CT molecular complexity index is 821. The molecule has 4 rings (SSSR count). The van der Waals surface area contributed by atoms with Crippen LogP contribution in [-0.4, -0.2) is 39.8 Å². The van der Waals surface area contributed by atoms with Crippen LogP contribution in [0.4, 0.5) is 0 Å². The highest BCUT2D eigenvalue weighted by Gasteiger charge is 2.29. The number of aryl methyl sites for hydroxylation is 2. The van der Waals surface area contributed by atoms with Gasteiger partial charge in [-0.25, -0.2) is 0 Å². The van der Waals surface area contributed by atoms with E-state index in [1.807, 2.05) is 28.8 Å². The third-order valence-electron chi connectivity index (χ3n) is 5.93. The third kappa shape index (κ3) is 3.79.